The van der Waals surface area contributed by atoms with E-state index in [-0.39, 0.29) is 12.4 Å². The van der Waals surface area contributed by atoms with Gasteiger partial charge in [-0.05, 0) is 26.2 Å². The maximum atomic E-state index is 11.6. The van der Waals surface area contributed by atoms with E-state index >= 15 is 0 Å². The van der Waals surface area contributed by atoms with Gasteiger partial charge < -0.3 is 40.1 Å². The van der Waals surface area contributed by atoms with Crippen LogP contribution in [0.1, 0.15) is 180 Å². The third-order valence-electron chi connectivity index (χ3n) is 9.60. The maximum absolute atomic E-state index is 11.6. The molecule has 1 aliphatic heterocycles. The molecule has 1 saturated heterocycles. The molecule has 7 unspecified atom stereocenters. The number of carbonyl (C=O) groups excluding carboxylic acids is 1. The summed E-state index contributed by atoms with van der Waals surface area (Å²) in [5, 5.41) is 58.3. The quantitative estimate of drug-likeness (QED) is 0.0420. The summed E-state index contributed by atoms with van der Waals surface area (Å²) >= 11 is 0. The first-order valence-corrected chi connectivity index (χ1v) is 19.6. The zero-order valence-corrected chi connectivity index (χ0v) is 30.0. The Morgan fingerprint density at radius 1 is 0.596 bits per heavy atom. The highest BCUT2D eigenvalue weighted by Crippen LogP contribution is 2.22. The van der Waals surface area contributed by atoms with Crippen LogP contribution in [-0.4, -0.2) is 92.5 Å². The summed E-state index contributed by atoms with van der Waals surface area (Å²) in [5.74, 6) is 0.200. The summed E-state index contributed by atoms with van der Waals surface area (Å²) < 4.78 is 10.8. The Hall–Kier alpha value is -0.650. The van der Waals surface area contributed by atoms with Crippen molar-refractivity contribution in [1.29, 1.82) is 0 Å². The molecule has 1 heterocycles. The van der Waals surface area contributed by atoms with Crippen LogP contribution in [0.5, 0.6) is 0 Å². The predicted octanol–water partition coefficient (Wildman–Crippen LogP) is 6.65. The zero-order chi connectivity index (χ0) is 34.5. The lowest BCUT2D eigenvalue weighted by atomic mass is 9.99. The van der Waals surface area contributed by atoms with Crippen molar-refractivity contribution in [3.63, 3.8) is 0 Å². The molecular formula is C38H74O9. The SMILES string of the molecule is CC(O)CC(=O)CCCCCCCCCCCCCCCCCCCCCCCCCC(O)CCOC1OC(CO)C(O)C(O)C1O. The minimum absolute atomic E-state index is 0.159. The molecule has 0 aromatic carbocycles. The van der Waals surface area contributed by atoms with Crippen molar-refractivity contribution in [3.8, 4) is 0 Å². The molecule has 0 aliphatic carbocycles. The first kappa shape index (κ1) is 44.4. The molecule has 0 radical (unpaired) electrons. The van der Waals surface area contributed by atoms with Crippen LogP contribution in [0.15, 0.2) is 0 Å². The van der Waals surface area contributed by atoms with Gasteiger partial charge in [0.05, 0.1) is 25.4 Å². The van der Waals surface area contributed by atoms with Gasteiger partial charge in [0.1, 0.15) is 30.2 Å². The Labute approximate surface area is 286 Å². The number of carbonyl (C=O) groups is 1. The number of ether oxygens (including phenoxy) is 2. The summed E-state index contributed by atoms with van der Waals surface area (Å²) in [7, 11) is 0. The standard InChI is InChI=1S/C38H74O9/c1-31(40)29-33(42)26-24-22-20-18-16-14-12-10-8-6-4-2-3-5-7-9-11-13-15-17-19-21-23-25-32(41)27-28-46-38-37(45)36(44)35(43)34(30-39)47-38/h31-32,34-41,43-45H,2-30H2,1H3. The number of rotatable bonds is 33. The Bertz CT molecular complexity index is 705. The fraction of sp³-hybridized carbons (Fsp3) is 0.974. The van der Waals surface area contributed by atoms with Crippen molar-refractivity contribution >= 4 is 5.78 Å². The maximum Gasteiger partial charge on any atom is 0.186 e. The lowest BCUT2D eigenvalue weighted by molar-refractivity contribution is -0.301. The van der Waals surface area contributed by atoms with Crippen LogP contribution in [0.4, 0.5) is 0 Å². The van der Waals surface area contributed by atoms with E-state index in [0.717, 1.165) is 25.7 Å². The molecule has 1 aliphatic rings. The van der Waals surface area contributed by atoms with Gasteiger partial charge in [0.2, 0.25) is 0 Å². The van der Waals surface area contributed by atoms with Gasteiger partial charge in [-0.3, -0.25) is 4.79 Å². The molecule has 0 amide bonds. The van der Waals surface area contributed by atoms with Crippen molar-refractivity contribution in [2.24, 2.45) is 0 Å². The van der Waals surface area contributed by atoms with Crippen molar-refractivity contribution in [2.75, 3.05) is 13.2 Å². The summed E-state index contributed by atoms with van der Waals surface area (Å²) in [6, 6.07) is 0. The van der Waals surface area contributed by atoms with Crippen LogP contribution >= 0.6 is 0 Å². The van der Waals surface area contributed by atoms with Crippen molar-refractivity contribution < 1.29 is 44.9 Å². The molecule has 0 bridgehead atoms. The number of hydrogen-bond acceptors (Lipinski definition) is 9. The van der Waals surface area contributed by atoms with E-state index in [9.17, 15) is 35.4 Å². The van der Waals surface area contributed by atoms with E-state index < -0.39 is 49.5 Å². The molecule has 0 spiro atoms. The second-order valence-electron chi connectivity index (χ2n) is 14.3. The van der Waals surface area contributed by atoms with Gasteiger partial charge in [0, 0.05) is 12.8 Å². The van der Waals surface area contributed by atoms with E-state index in [4.69, 9.17) is 9.47 Å². The largest absolute Gasteiger partial charge is 0.394 e. The second-order valence-corrected chi connectivity index (χ2v) is 14.3. The van der Waals surface area contributed by atoms with E-state index in [0.29, 0.717) is 25.7 Å². The van der Waals surface area contributed by atoms with Crippen molar-refractivity contribution in [1.82, 2.24) is 0 Å². The molecule has 1 fully saturated rings. The summed E-state index contributed by atoms with van der Waals surface area (Å²) in [5.41, 5.74) is 0. The van der Waals surface area contributed by atoms with E-state index in [1.165, 1.54) is 122 Å². The molecule has 9 heteroatoms. The molecular weight excluding hydrogens is 600 g/mol. The fourth-order valence-electron chi connectivity index (χ4n) is 6.52. The summed E-state index contributed by atoms with van der Waals surface area (Å²) in [4.78, 5) is 11.6. The number of aliphatic hydroxyl groups is 6. The number of hydrogen-bond donors (Lipinski definition) is 6. The number of Topliss-reactive ketones (excluding diaryl/α,β-unsaturated/α-hetero) is 1. The minimum Gasteiger partial charge on any atom is -0.394 e. The topological polar surface area (TPSA) is 157 Å². The highest BCUT2D eigenvalue weighted by Gasteiger charge is 2.43. The molecule has 6 N–H and O–H groups in total. The monoisotopic (exact) mass is 675 g/mol. The van der Waals surface area contributed by atoms with Crippen LogP contribution in [-0.2, 0) is 14.3 Å². The molecule has 280 valence electrons. The second kappa shape index (κ2) is 30.2. The lowest BCUT2D eigenvalue weighted by Gasteiger charge is -2.39. The van der Waals surface area contributed by atoms with Gasteiger partial charge in [0.15, 0.2) is 6.29 Å². The summed E-state index contributed by atoms with van der Waals surface area (Å²) in [6.45, 7) is 1.35. The van der Waals surface area contributed by atoms with Crippen LogP contribution in [0.3, 0.4) is 0 Å². The fourth-order valence-corrected chi connectivity index (χ4v) is 6.52. The molecule has 7 atom stereocenters. The van der Waals surface area contributed by atoms with Crippen LogP contribution < -0.4 is 0 Å². The Morgan fingerprint density at radius 3 is 1.40 bits per heavy atom. The number of aliphatic hydroxyl groups excluding tert-OH is 6. The molecule has 0 aromatic heterocycles. The molecule has 0 aromatic rings. The third kappa shape index (κ3) is 24.2. The van der Waals surface area contributed by atoms with Gasteiger partial charge in [0.25, 0.3) is 0 Å². The van der Waals surface area contributed by atoms with Gasteiger partial charge in [-0.15, -0.1) is 0 Å². The van der Waals surface area contributed by atoms with Gasteiger partial charge >= 0.3 is 0 Å². The Morgan fingerprint density at radius 2 is 1.00 bits per heavy atom. The van der Waals surface area contributed by atoms with Crippen LogP contribution in [0.25, 0.3) is 0 Å². The molecule has 0 saturated carbocycles. The average molecular weight is 675 g/mol. The van der Waals surface area contributed by atoms with E-state index in [2.05, 4.69) is 0 Å². The molecule has 47 heavy (non-hydrogen) atoms. The first-order valence-electron chi connectivity index (χ1n) is 19.6. The van der Waals surface area contributed by atoms with Gasteiger partial charge in [-0.25, -0.2) is 0 Å². The highest BCUT2D eigenvalue weighted by molar-refractivity contribution is 5.78. The van der Waals surface area contributed by atoms with Crippen molar-refractivity contribution in [2.45, 2.75) is 223 Å². The first-order chi connectivity index (χ1) is 22.8. The normalized spacial score (nSPS) is 22.8. The average Bonchev–Trinajstić information content (AvgIpc) is 3.04. The number of unbranched alkanes of at least 4 members (excludes halogenated alkanes) is 22. The van der Waals surface area contributed by atoms with Crippen molar-refractivity contribution in [3.05, 3.63) is 0 Å². The predicted molar refractivity (Wildman–Crippen MR) is 187 cm³/mol. The van der Waals surface area contributed by atoms with Crippen LogP contribution in [0, 0.1) is 0 Å². The molecule has 9 nitrogen and oxygen atoms in total. The molecule has 1 rings (SSSR count). The minimum atomic E-state index is -1.45. The van der Waals surface area contributed by atoms with E-state index in [1.807, 2.05) is 0 Å². The van der Waals surface area contributed by atoms with Gasteiger partial charge in [-0.1, -0.05) is 141 Å². The Kier molecular flexibility index (Phi) is 28.5. The van der Waals surface area contributed by atoms with Crippen LogP contribution in [0.2, 0.25) is 0 Å². The number of ketones is 1. The summed E-state index contributed by atoms with van der Waals surface area (Å²) in [6.07, 6.45) is 24.3. The smallest absolute Gasteiger partial charge is 0.186 e. The third-order valence-corrected chi connectivity index (χ3v) is 9.60. The Balaban J connectivity index is 1.75. The van der Waals surface area contributed by atoms with E-state index in [1.54, 1.807) is 6.92 Å². The lowest BCUT2D eigenvalue weighted by Crippen LogP contribution is -2.59. The van der Waals surface area contributed by atoms with Gasteiger partial charge in [-0.2, -0.15) is 0 Å². The zero-order valence-electron chi connectivity index (χ0n) is 30.0. The highest BCUT2D eigenvalue weighted by atomic mass is 16.7.